The van der Waals surface area contributed by atoms with Crippen molar-refractivity contribution >= 4 is 10.1 Å². The monoisotopic (exact) mass is 274 g/mol. The Morgan fingerprint density at radius 3 is 2.50 bits per heavy atom. The second-order valence-corrected chi connectivity index (χ2v) is 5.60. The van der Waals surface area contributed by atoms with Gasteiger partial charge in [-0.1, -0.05) is 25.5 Å². The first kappa shape index (κ1) is 14.9. The molecule has 5 nitrogen and oxygen atoms in total. The molecule has 0 aromatic heterocycles. The Bertz CT molecular complexity index is 481. The van der Waals surface area contributed by atoms with Gasteiger partial charge >= 0.3 is 10.1 Å². The van der Waals surface area contributed by atoms with Gasteiger partial charge in [-0.15, -0.1) is 0 Å². The topological polar surface area (TPSA) is 83.8 Å². The zero-order valence-electron chi connectivity index (χ0n) is 10.3. The van der Waals surface area contributed by atoms with Crippen molar-refractivity contribution in [1.29, 1.82) is 0 Å². The maximum absolute atomic E-state index is 11.7. The van der Waals surface area contributed by atoms with Crippen molar-refractivity contribution in [1.82, 2.24) is 0 Å². The van der Waals surface area contributed by atoms with E-state index in [-0.39, 0.29) is 24.7 Å². The predicted octanol–water partition coefficient (Wildman–Crippen LogP) is 1.18. The van der Waals surface area contributed by atoms with E-state index in [1.807, 2.05) is 6.92 Å². The standard InChI is InChI=1S/C12H18O5S/c1-2-3-7-18(15,16)17-12-6-4-5-10(8-13)11(12)9-14/h4-6,13-14H,2-3,7-9H2,1H3. The third kappa shape index (κ3) is 3.97. The van der Waals surface area contributed by atoms with Gasteiger partial charge in [-0.2, -0.15) is 8.42 Å². The maximum atomic E-state index is 11.7. The minimum Gasteiger partial charge on any atom is -0.392 e. The van der Waals surface area contributed by atoms with Gasteiger partial charge in [0.1, 0.15) is 5.75 Å². The van der Waals surface area contributed by atoms with Gasteiger partial charge in [-0.3, -0.25) is 0 Å². The van der Waals surface area contributed by atoms with Crippen LogP contribution in [0.4, 0.5) is 0 Å². The Hall–Kier alpha value is -1.11. The van der Waals surface area contributed by atoms with E-state index in [0.29, 0.717) is 17.5 Å². The summed E-state index contributed by atoms with van der Waals surface area (Å²) in [6.07, 6.45) is 1.28. The molecule has 2 N–H and O–H groups in total. The number of aliphatic hydroxyl groups is 2. The van der Waals surface area contributed by atoms with E-state index in [1.165, 1.54) is 6.07 Å². The van der Waals surface area contributed by atoms with Crippen LogP contribution >= 0.6 is 0 Å². The van der Waals surface area contributed by atoms with Crippen LogP contribution in [0.15, 0.2) is 18.2 Å². The maximum Gasteiger partial charge on any atom is 0.309 e. The number of rotatable bonds is 7. The van der Waals surface area contributed by atoms with Crippen LogP contribution in [0, 0.1) is 0 Å². The Balaban J connectivity index is 2.97. The average molecular weight is 274 g/mol. The molecular weight excluding hydrogens is 256 g/mol. The van der Waals surface area contributed by atoms with Crippen molar-refractivity contribution in [3.8, 4) is 5.75 Å². The Kier molecular flexibility index (Phi) is 5.58. The lowest BCUT2D eigenvalue weighted by Crippen LogP contribution is -2.15. The summed E-state index contributed by atoms with van der Waals surface area (Å²) in [5, 5.41) is 18.3. The fourth-order valence-electron chi connectivity index (χ4n) is 1.52. The highest BCUT2D eigenvalue weighted by Crippen LogP contribution is 2.24. The summed E-state index contributed by atoms with van der Waals surface area (Å²) in [6.45, 7) is 1.23. The van der Waals surface area contributed by atoms with Crippen LogP contribution in [-0.4, -0.2) is 24.4 Å². The van der Waals surface area contributed by atoms with Crippen LogP contribution in [-0.2, 0) is 23.3 Å². The van der Waals surface area contributed by atoms with Gasteiger partial charge in [0.05, 0.1) is 19.0 Å². The molecule has 6 heteroatoms. The number of hydrogen-bond acceptors (Lipinski definition) is 5. The molecular formula is C12H18O5S. The first-order valence-corrected chi connectivity index (χ1v) is 7.36. The van der Waals surface area contributed by atoms with Crippen molar-refractivity contribution in [2.45, 2.75) is 33.0 Å². The average Bonchev–Trinajstić information content (AvgIpc) is 2.35. The molecule has 0 saturated carbocycles. The van der Waals surface area contributed by atoms with Crippen molar-refractivity contribution < 1.29 is 22.8 Å². The molecule has 0 heterocycles. The summed E-state index contributed by atoms with van der Waals surface area (Å²) < 4.78 is 28.3. The largest absolute Gasteiger partial charge is 0.392 e. The number of aliphatic hydroxyl groups excluding tert-OH is 2. The van der Waals surface area contributed by atoms with Crippen molar-refractivity contribution in [3.05, 3.63) is 29.3 Å². The lowest BCUT2D eigenvalue weighted by molar-refractivity contribution is 0.257. The molecule has 18 heavy (non-hydrogen) atoms. The van der Waals surface area contributed by atoms with Gasteiger partial charge in [0.15, 0.2) is 0 Å². The van der Waals surface area contributed by atoms with Crippen LogP contribution in [0.2, 0.25) is 0 Å². The SMILES string of the molecule is CCCCS(=O)(=O)Oc1cccc(CO)c1CO. The van der Waals surface area contributed by atoms with Gasteiger partial charge in [-0.05, 0) is 18.1 Å². The lowest BCUT2D eigenvalue weighted by Gasteiger charge is -2.12. The first-order chi connectivity index (χ1) is 8.54. The number of hydrogen-bond donors (Lipinski definition) is 2. The number of benzene rings is 1. The third-order valence-electron chi connectivity index (χ3n) is 2.52. The lowest BCUT2D eigenvalue weighted by atomic mass is 10.1. The summed E-state index contributed by atoms with van der Waals surface area (Å²) >= 11 is 0. The smallest absolute Gasteiger partial charge is 0.309 e. The summed E-state index contributed by atoms with van der Waals surface area (Å²) in [6, 6.07) is 4.65. The molecule has 0 bridgehead atoms. The van der Waals surface area contributed by atoms with Crippen molar-refractivity contribution in [3.63, 3.8) is 0 Å². The summed E-state index contributed by atoms with van der Waals surface area (Å²) in [7, 11) is -3.65. The van der Waals surface area contributed by atoms with E-state index in [2.05, 4.69) is 0 Å². The van der Waals surface area contributed by atoms with Crippen LogP contribution in [0.5, 0.6) is 5.75 Å². The minimum atomic E-state index is -3.65. The van der Waals surface area contributed by atoms with Crippen LogP contribution in [0.3, 0.4) is 0 Å². The molecule has 0 aliphatic carbocycles. The van der Waals surface area contributed by atoms with Gasteiger partial charge in [0.25, 0.3) is 0 Å². The zero-order chi connectivity index (χ0) is 13.6. The molecule has 1 rings (SSSR count). The van der Waals surface area contributed by atoms with Gasteiger partial charge in [-0.25, -0.2) is 0 Å². The molecule has 0 spiro atoms. The second-order valence-electron chi connectivity index (χ2n) is 3.91. The van der Waals surface area contributed by atoms with E-state index < -0.39 is 10.1 Å². The molecule has 102 valence electrons. The molecule has 0 amide bonds. The fraction of sp³-hybridized carbons (Fsp3) is 0.500. The van der Waals surface area contributed by atoms with E-state index in [4.69, 9.17) is 9.29 Å². The van der Waals surface area contributed by atoms with Gasteiger partial charge < -0.3 is 14.4 Å². The highest BCUT2D eigenvalue weighted by atomic mass is 32.2. The van der Waals surface area contributed by atoms with E-state index in [0.717, 1.165) is 6.42 Å². The zero-order valence-corrected chi connectivity index (χ0v) is 11.1. The second kappa shape index (κ2) is 6.72. The molecule has 0 unspecified atom stereocenters. The van der Waals surface area contributed by atoms with Crippen LogP contribution in [0.1, 0.15) is 30.9 Å². The van der Waals surface area contributed by atoms with E-state index >= 15 is 0 Å². The minimum absolute atomic E-state index is 0.0578. The van der Waals surface area contributed by atoms with Crippen LogP contribution < -0.4 is 4.18 Å². The Morgan fingerprint density at radius 2 is 1.94 bits per heavy atom. The molecule has 0 saturated heterocycles. The van der Waals surface area contributed by atoms with E-state index in [9.17, 15) is 13.5 Å². The summed E-state index contributed by atoms with van der Waals surface area (Å²) in [5.74, 6) is 0.0257. The van der Waals surface area contributed by atoms with Crippen molar-refractivity contribution in [2.24, 2.45) is 0 Å². The normalized spacial score (nSPS) is 11.5. The fourth-order valence-corrected chi connectivity index (χ4v) is 2.67. The highest BCUT2D eigenvalue weighted by molar-refractivity contribution is 7.87. The highest BCUT2D eigenvalue weighted by Gasteiger charge is 2.16. The molecule has 1 aromatic carbocycles. The third-order valence-corrected chi connectivity index (χ3v) is 3.75. The molecule has 0 aliphatic heterocycles. The molecule has 1 aromatic rings. The molecule has 0 radical (unpaired) electrons. The quantitative estimate of drug-likeness (QED) is 0.729. The predicted molar refractivity (Wildman–Crippen MR) is 67.6 cm³/mol. The van der Waals surface area contributed by atoms with E-state index in [1.54, 1.807) is 12.1 Å². The Labute approximate surface area is 107 Å². The molecule has 0 fully saturated rings. The van der Waals surface area contributed by atoms with Crippen molar-refractivity contribution in [2.75, 3.05) is 5.75 Å². The molecule has 0 atom stereocenters. The molecule has 0 aliphatic rings. The van der Waals surface area contributed by atoms with Gasteiger partial charge in [0, 0.05) is 5.56 Å². The number of unbranched alkanes of at least 4 members (excludes halogenated alkanes) is 1. The van der Waals surface area contributed by atoms with Crippen LogP contribution in [0.25, 0.3) is 0 Å². The summed E-state index contributed by atoms with van der Waals surface area (Å²) in [4.78, 5) is 0. The summed E-state index contributed by atoms with van der Waals surface area (Å²) in [5.41, 5.74) is 0.765. The van der Waals surface area contributed by atoms with Gasteiger partial charge in [0.2, 0.25) is 0 Å². The first-order valence-electron chi connectivity index (χ1n) is 5.78. The Morgan fingerprint density at radius 1 is 1.22 bits per heavy atom.